The predicted molar refractivity (Wildman–Crippen MR) is 115 cm³/mol. The zero-order chi connectivity index (χ0) is 27.2. The van der Waals surface area contributed by atoms with Crippen LogP contribution in [0.4, 0.5) is 18.9 Å². The van der Waals surface area contributed by atoms with Crippen molar-refractivity contribution in [3.63, 3.8) is 0 Å². The average molecular weight is 508 g/mol. The third-order valence-electron chi connectivity index (χ3n) is 4.29. The lowest BCUT2D eigenvalue weighted by Gasteiger charge is -2.25. The number of para-hydroxylation sites is 1. The quantitative estimate of drug-likeness (QED) is 0.306. The average Bonchev–Trinajstić information content (AvgIpc) is 2.76. The molecular weight excluding hydrogens is 481 g/mol. The van der Waals surface area contributed by atoms with Gasteiger partial charge in [-0.1, -0.05) is 18.2 Å². The number of amides is 1. The fourth-order valence-electron chi connectivity index (χ4n) is 2.64. The van der Waals surface area contributed by atoms with Gasteiger partial charge in [0.05, 0.1) is 13.5 Å². The molecule has 0 saturated carbocycles. The summed E-state index contributed by atoms with van der Waals surface area (Å²) in [6.45, 7) is 1.01. The van der Waals surface area contributed by atoms with Crippen LogP contribution < -0.4 is 5.32 Å². The smallest absolute Gasteiger partial charge is 0.481 e. The molecule has 0 aliphatic rings. The van der Waals surface area contributed by atoms with E-state index < -0.39 is 48.5 Å². The lowest BCUT2D eigenvalue weighted by atomic mass is 10.1. The number of aryl methyl sites for hydroxylation is 1. The number of nitrogens with one attached hydrogen (secondary N) is 1. The van der Waals surface area contributed by atoms with Gasteiger partial charge < -0.3 is 30.3 Å². The van der Waals surface area contributed by atoms with Crippen molar-refractivity contribution >= 4 is 35.5 Å². The first-order chi connectivity index (χ1) is 16.2. The highest BCUT2D eigenvalue weighted by molar-refractivity contribution is 5.87. The van der Waals surface area contributed by atoms with Gasteiger partial charge in [0, 0.05) is 18.7 Å². The Bertz CT molecular complexity index is 891. The summed E-state index contributed by atoms with van der Waals surface area (Å²) in [6.07, 6.45) is -4.16. The number of halogens is 3. The van der Waals surface area contributed by atoms with E-state index in [4.69, 9.17) is 20.1 Å². The molecule has 14 heteroatoms. The van der Waals surface area contributed by atoms with Gasteiger partial charge in [0.15, 0.2) is 0 Å². The Kier molecular flexibility index (Phi) is 13.5. The normalized spacial score (nSPS) is 11.3. The van der Waals surface area contributed by atoms with E-state index >= 15 is 0 Å². The van der Waals surface area contributed by atoms with Crippen molar-refractivity contribution in [3.8, 4) is 0 Å². The molecule has 4 N–H and O–H groups in total. The highest BCUT2D eigenvalue weighted by atomic mass is 19.4. The van der Waals surface area contributed by atoms with E-state index in [0.717, 1.165) is 10.5 Å². The number of rotatable bonds is 12. The summed E-state index contributed by atoms with van der Waals surface area (Å²) in [5.41, 5.74) is 1.54. The van der Waals surface area contributed by atoms with Crippen molar-refractivity contribution in [1.82, 2.24) is 4.90 Å². The highest BCUT2D eigenvalue weighted by Gasteiger charge is 2.38. The number of carbonyl (C=O) groups is 5. The molecule has 1 aromatic rings. The second-order valence-corrected chi connectivity index (χ2v) is 7.05. The topological polar surface area (TPSA) is 171 Å². The van der Waals surface area contributed by atoms with Gasteiger partial charge in [0.25, 0.3) is 0 Å². The SMILES string of the molecule is COC(=O)CCN(CC(=O)O)C(=O)[C@H](C)Nc1ccccc1CCCC(=O)O.O=C(O)C(F)(F)F. The van der Waals surface area contributed by atoms with Crippen LogP contribution in [0, 0.1) is 0 Å². The first-order valence-electron chi connectivity index (χ1n) is 10.1. The van der Waals surface area contributed by atoms with Crippen LogP contribution in [0.2, 0.25) is 0 Å². The fraction of sp³-hybridized carbons (Fsp3) is 0.476. The summed E-state index contributed by atoms with van der Waals surface area (Å²) >= 11 is 0. The summed E-state index contributed by atoms with van der Waals surface area (Å²) in [5, 5.41) is 28.0. The van der Waals surface area contributed by atoms with E-state index in [0.29, 0.717) is 18.5 Å². The van der Waals surface area contributed by atoms with Gasteiger partial charge in [-0.15, -0.1) is 0 Å². The van der Waals surface area contributed by atoms with Gasteiger partial charge in [0.2, 0.25) is 5.91 Å². The Morgan fingerprint density at radius 2 is 1.60 bits per heavy atom. The van der Waals surface area contributed by atoms with Crippen molar-refractivity contribution < 1.29 is 57.2 Å². The van der Waals surface area contributed by atoms with E-state index in [2.05, 4.69) is 10.1 Å². The standard InChI is InChI=1S/C19H26N2O7.C2HF3O2/c1-13(19(27)21(12-17(24)25)11-10-18(26)28-2)20-15-8-4-3-6-14(15)7-5-9-16(22)23;3-2(4,5)1(6)7/h3-4,6,8,13,20H,5,7,9-12H2,1-2H3,(H,22,23)(H,24,25);(H,6,7)/t13-;/m0./s1. The lowest BCUT2D eigenvalue weighted by molar-refractivity contribution is -0.192. The number of hydrogen-bond acceptors (Lipinski definition) is 7. The van der Waals surface area contributed by atoms with Crippen LogP contribution in [0.3, 0.4) is 0 Å². The van der Waals surface area contributed by atoms with Gasteiger partial charge in [-0.05, 0) is 31.4 Å². The van der Waals surface area contributed by atoms with Gasteiger partial charge in [0.1, 0.15) is 12.6 Å². The van der Waals surface area contributed by atoms with Crippen LogP contribution in [-0.2, 0) is 35.1 Å². The van der Waals surface area contributed by atoms with Gasteiger partial charge in [-0.3, -0.25) is 19.2 Å². The molecule has 0 fully saturated rings. The molecule has 0 saturated heterocycles. The number of aliphatic carboxylic acids is 3. The Labute approximate surface area is 198 Å². The number of methoxy groups -OCH3 is 1. The monoisotopic (exact) mass is 508 g/mol. The van der Waals surface area contributed by atoms with Gasteiger partial charge in [-0.25, -0.2) is 4.79 Å². The second kappa shape index (κ2) is 15.1. The molecular formula is C21H27F3N2O9. The van der Waals surface area contributed by atoms with E-state index in [-0.39, 0.29) is 19.4 Å². The van der Waals surface area contributed by atoms with Crippen molar-refractivity contribution in [2.45, 2.75) is 44.8 Å². The van der Waals surface area contributed by atoms with Crippen LogP contribution in [0.1, 0.15) is 31.7 Å². The fourth-order valence-corrected chi connectivity index (χ4v) is 2.64. The summed E-state index contributed by atoms with van der Waals surface area (Å²) in [6, 6.07) is 6.48. The molecule has 1 aromatic carbocycles. The number of benzene rings is 1. The van der Waals surface area contributed by atoms with E-state index in [1.807, 2.05) is 12.1 Å². The number of carbonyl (C=O) groups excluding carboxylic acids is 2. The predicted octanol–water partition coefficient (Wildman–Crippen LogP) is 2.00. The maximum Gasteiger partial charge on any atom is 0.490 e. The molecule has 1 rings (SSSR count). The van der Waals surface area contributed by atoms with Crippen LogP contribution in [0.5, 0.6) is 0 Å². The summed E-state index contributed by atoms with van der Waals surface area (Å²) in [5.74, 6) is -5.81. The third-order valence-corrected chi connectivity index (χ3v) is 4.29. The number of anilines is 1. The van der Waals surface area contributed by atoms with Crippen LogP contribution >= 0.6 is 0 Å². The molecule has 0 bridgehead atoms. The molecule has 0 aromatic heterocycles. The molecule has 0 unspecified atom stereocenters. The molecule has 35 heavy (non-hydrogen) atoms. The maximum atomic E-state index is 12.7. The Balaban J connectivity index is 0.00000143. The minimum Gasteiger partial charge on any atom is -0.481 e. The molecule has 1 amide bonds. The first-order valence-corrected chi connectivity index (χ1v) is 10.1. The van der Waals surface area contributed by atoms with Crippen molar-refractivity contribution in [2.75, 3.05) is 25.5 Å². The summed E-state index contributed by atoms with van der Waals surface area (Å²) < 4.78 is 36.3. The number of nitrogens with zero attached hydrogens (tertiary/aromatic N) is 1. The van der Waals surface area contributed by atoms with Crippen LogP contribution in [0.15, 0.2) is 24.3 Å². The van der Waals surface area contributed by atoms with Gasteiger partial charge >= 0.3 is 30.1 Å². The zero-order valence-corrected chi connectivity index (χ0v) is 19.0. The number of alkyl halides is 3. The maximum absolute atomic E-state index is 12.7. The number of esters is 1. The number of ether oxygens (including phenoxy) is 1. The molecule has 0 aliphatic carbocycles. The minimum atomic E-state index is -5.08. The summed E-state index contributed by atoms with van der Waals surface area (Å²) in [7, 11) is 1.22. The molecule has 0 aliphatic heterocycles. The van der Waals surface area contributed by atoms with E-state index in [9.17, 15) is 32.3 Å². The molecule has 0 radical (unpaired) electrons. The molecule has 196 valence electrons. The number of hydrogen-bond donors (Lipinski definition) is 4. The number of carboxylic acids is 3. The molecule has 0 heterocycles. The van der Waals surface area contributed by atoms with Crippen molar-refractivity contribution in [1.29, 1.82) is 0 Å². The molecule has 1 atom stereocenters. The Morgan fingerprint density at radius 3 is 2.09 bits per heavy atom. The second-order valence-electron chi connectivity index (χ2n) is 7.05. The van der Waals surface area contributed by atoms with E-state index in [1.54, 1.807) is 19.1 Å². The molecule has 11 nitrogen and oxygen atoms in total. The van der Waals surface area contributed by atoms with Gasteiger partial charge in [-0.2, -0.15) is 13.2 Å². The van der Waals surface area contributed by atoms with Crippen LogP contribution in [0.25, 0.3) is 0 Å². The zero-order valence-electron chi connectivity index (χ0n) is 19.0. The number of carboxylic acid groups (broad SMARTS) is 3. The third kappa shape index (κ3) is 13.5. The van der Waals surface area contributed by atoms with Crippen LogP contribution in [-0.4, -0.2) is 82.4 Å². The Hall–Kier alpha value is -3.84. The molecule has 0 spiro atoms. The first kappa shape index (κ1) is 31.2. The minimum absolute atomic E-state index is 0.0444. The van der Waals surface area contributed by atoms with Crippen molar-refractivity contribution in [2.24, 2.45) is 0 Å². The Morgan fingerprint density at radius 1 is 1.03 bits per heavy atom. The van der Waals surface area contributed by atoms with E-state index in [1.165, 1.54) is 7.11 Å². The van der Waals surface area contributed by atoms with Crippen molar-refractivity contribution in [3.05, 3.63) is 29.8 Å². The summed E-state index contributed by atoms with van der Waals surface area (Å²) in [4.78, 5) is 55.7. The highest BCUT2D eigenvalue weighted by Crippen LogP contribution is 2.19. The largest absolute Gasteiger partial charge is 0.490 e. The lowest BCUT2D eigenvalue weighted by Crippen LogP contribution is -2.44.